The Labute approximate surface area is 145 Å². The molecule has 1 aliphatic carbocycles. The molecule has 2 rings (SSSR count). The van der Waals surface area contributed by atoms with Crippen LogP contribution in [0.4, 0.5) is 0 Å². The zero-order chi connectivity index (χ0) is 17.0. The predicted molar refractivity (Wildman–Crippen MR) is 98.4 cm³/mol. The highest BCUT2D eigenvalue weighted by Gasteiger charge is 2.12. The molecule has 5 heteroatoms. The fourth-order valence-electron chi connectivity index (χ4n) is 2.97. The Hall–Kier alpha value is -1.75. The Morgan fingerprint density at radius 2 is 2.00 bits per heavy atom. The number of phenols is 1. The fourth-order valence-corrected chi connectivity index (χ4v) is 2.97. The van der Waals surface area contributed by atoms with E-state index in [9.17, 15) is 5.11 Å². The number of aliphatic imine (C=N–C) groups is 1. The van der Waals surface area contributed by atoms with Gasteiger partial charge >= 0.3 is 0 Å². The van der Waals surface area contributed by atoms with Gasteiger partial charge in [0.1, 0.15) is 5.75 Å². The molecule has 1 fully saturated rings. The van der Waals surface area contributed by atoms with Crippen LogP contribution in [-0.2, 0) is 11.3 Å². The molecule has 0 amide bonds. The molecule has 24 heavy (non-hydrogen) atoms. The molecule has 0 aromatic heterocycles. The summed E-state index contributed by atoms with van der Waals surface area (Å²) in [5.74, 6) is 1.06. The normalized spacial score (nSPS) is 16.6. The zero-order valence-electron chi connectivity index (χ0n) is 14.8. The fraction of sp³-hybridized carbons (Fsp3) is 0.632. The standard InChI is InChI=1S/C19H31N3O2/c1-2-20-19(22-15-16-8-7-9-17(23)14-16)21-12-13-24-18-10-5-3-4-6-11-18/h7-9,14,18,23H,2-6,10-13,15H2,1H3,(H2,20,21,22). The van der Waals surface area contributed by atoms with E-state index in [1.807, 2.05) is 19.1 Å². The molecular weight excluding hydrogens is 302 g/mol. The third-order valence-electron chi connectivity index (χ3n) is 4.22. The molecular formula is C19H31N3O2. The van der Waals surface area contributed by atoms with Gasteiger partial charge in [0, 0.05) is 13.1 Å². The molecule has 1 aliphatic rings. The number of ether oxygens (including phenoxy) is 1. The van der Waals surface area contributed by atoms with Crippen LogP contribution in [0.25, 0.3) is 0 Å². The van der Waals surface area contributed by atoms with Crippen LogP contribution >= 0.6 is 0 Å². The van der Waals surface area contributed by atoms with Gasteiger partial charge in [-0.1, -0.05) is 37.8 Å². The van der Waals surface area contributed by atoms with Crippen LogP contribution in [0.15, 0.2) is 29.3 Å². The first-order valence-corrected chi connectivity index (χ1v) is 9.19. The number of nitrogens with zero attached hydrogens (tertiary/aromatic N) is 1. The lowest BCUT2D eigenvalue weighted by atomic mass is 10.1. The topological polar surface area (TPSA) is 65.9 Å². The van der Waals surface area contributed by atoms with Gasteiger partial charge in [0.05, 0.1) is 19.3 Å². The largest absolute Gasteiger partial charge is 0.508 e. The summed E-state index contributed by atoms with van der Waals surface area (Å²) in [5.41, 5.74) is 0.988. The Kier molecular flexibility index (Phi) is 8.46. The third-order valence-corrected chi connectivity index (χ3v) is 4.22. The average Bonchev–Trinajstić information content (AvgIpc) is 2.85. The predicted octanol–water partition coefficient (Wildman–Crippen LogP) is 3.19. The Morgan fingerprint density at radius 1 is 1.21 bits per heavy atom. The molecule has 1 aromatic rings. The van der Waals surface area contributed by atoms with Gasteiger partial charge in [0.25, 0.3) is 0 Å². The van der Waals surface area contributed by atoms with Crippen LogP contribution < -0.4 is 10.6 Å². The van der Waals surface area contributed by atoms with Crippen LogP contribution in [0.1, 0.15) is 51.0 Å². The van der Waals surface area contributed by atoms with Crippen molar-refractivity contribution in [3.8, 4) is 5.75 Å². The van der Waals surface area contributed by atoms with E-state index in [0.717, 1.165) is 24.6 Å². The molecule has 0 atom stereocenters. The highest BCUT2D eigenvalue weighted by atomic mass is 16.5. The molecule has 1 aromatic carbocycles. The molecule has 1 saturated carbocycles. The molecule has 5 nitrogen and oxygen atoms in total. The van der Waals surface area contributed by atoms with Gasteiger partial charge in [-0.05, 0) is 37.5 Å². The lowest BCUT2D eigenvalue weighted by Gasteiger charge is -2.16. The van der Waals surface area contributed by atoms with E-state index >= 15 is 0 Å². The maximum atomic E-state index is 9.50. The van der Waals surface area contributed by atoms with Crippen LogP contribution in [-0.4, -0.2) is 36.9 Å². The van der Waals surface area contributed by atoms with Crippen molar-refractivity contribution < 1.29 is 9.84 Å². The zero-order valence-corrected chi connectivity index (χ0v) is 14.8. The molecule has 0 bridgehead atoms. The number of guanidine groups is 1. The lowest BCUT2D eigenvalue weighted by molar-refractivity contribution is 0.0468. The highest BCUT2D eigenvalue weighted by Crippen LogP contribution is 2.19. The van der Waals surface area contributed by atoms with Crippen LogP contribution in [0.2, 0.25) is 0 Å². The van der Waals surface area contributed by atoms with E-state index in [4.69, 9.17) is 4.74 Å². The second-order valence-electron chi connectivity index (χ2n) is 6.28. The monoisotopic (exact) mass is 333 g/mol. The molecule has 0 aliphatic heterocycles. The second kappa shape index (κ2) is 10.9. The first-order chi connectivity index (χ1) is 11.8. The van der Waals surface area contributed by atoms with Crippen molar-refractivity contribution in [1.82, 2.24) is 10.6 Å². The summed E-state index contributed by atoms with van der Waals surface area (Å²) in [5, 5.41) is 16.1. The molecule has 0 heterocycles. The number of phenolic OH excluding ortho intramolecular Hbond substituents is 1. The van der Waals surface area contributed by atoms with Gasteiger partial charge in [-0.25, -0.2) is 4.99 Å². The van der Waals surface area contributed by atoms with Crippen molar-refractivity contribution in [1.29, 1.82) is 0 Å². The minimum absolute atomic E-state index is 0.275. The lowest BCUT2D eigenvalue weighted by Crippen LogP contribution is -2.39. The summed E-state index contributed by atoms with van der Waals surface area (Å²) in [6.07, 6.45) is 8.13. The molecule has 134 valence electrons. The minimum Gasteiger partial charge on any atom is -0.508 e. The molecule has 0 unspecified atom stereocenters. The smallest absolute Gasteiger partial charge is 0.191 e. The number of nitrogens with one attached hydrogen (secondary N) is 2. The van der Waals surface area contributed by atoms with E-state index in [2.05, 4.69) is 15.6 Å². The quantitative estimate of drug-likeness (QED) is 0.310. The first-order valence-electron chi connectivity index (χ1n) is 9.19. The summed E-state index contributed by atoms with van der Waals surface area (Å²) in [6.45, 7) is 4.86. The molecule has 3 N–H and O–H groups in total. The van der Waals surface area contributed by atoms with Gasteiger partial charge in [0.15, 0.2) is 5.96 Å². The van der Waals surface area contributed by atoms with Crippen molar-refractivity contribution in [2.45, 2.75) is 58.1 Å². The molecule has 0 saturated heterocycles. The van der Waals surface area contributed by atoms with Crippen LogP contribution in [0.5, 0.6) is 5.75 Å². The van der Waals surface area contributed by atoms with Crippen molar-refractivity contribution >= 4 is 5.96 Å². The number of rotatable bonds is 7. The van der Waals surface area contributed by atoms with Crippen molar-refractivity contribution in [3.05, 3.63) is 29.8 Å². The maximum Gasteiger partial charge on any atom is 0.191 e. The Bertz CT molecular complexity index is 497. The Balaban J connectivity index is 1.72. The van der Waals surface area contributed by atoms with Gasteiger partial charge in [-0.15, -0.1) is 0 Å². The van der Waals surface area contributed by atoms with E-state index in [0.29, 0.717) is 19.3 Å². The first kappa shape index (κ1) is 18.6. The third kappa shape index (κ3) is 7.21. The molecule has 0 radical (unpaired) electrons. The number of aromatic hydroxyl groups is 1. The summed E-state index contributed by atoms with van der Waals surface area (Å²) >= 11 is 0. The van der Waals surface area contributed by atoms with Gasteiger partial charge in [0.2, 0.25) is 0 Å². The van der Waals surface area contributed by atoms with E-state index < -0.39 is 0 Å². The van der Waals surface area contributed by atoms with Crippen LogP contribution in [0, 0.1) is 0 Å². The second-order valence-corrected chi connectivity index (χ2v) is 6.28. The van der Waals surface area contributed by atoms with E-state index in [1.54, 1.807) is 12.1 Å². The number of hydrogen-bond donors (Lipinski definition) is 3. The van der Waals surface area contributed by atoms with Gasteiger partial charge in [-0.3, -0.25) is 0 Å². The number of benzene rings is 1. The summed E-state index contributed by atoms with van der Waals surface area (Å²) in [6, 6.07) is 7.20. The van der Waals surface area contributed by atoms with Crippen LogP contribution in [0.3, 0.4) is 0 Å². The van der Waals surface area contributed by atoms with Crippen molar-refractivity contribution in [2.75, 3.05) is 19.7 Å². The summed E-state index contributed by atoms with van der Waals surface area (Å²) in [7, 11) is 0. The number of hydrogen-bond acceptors (Lipinski definition) is 3. The van der Waals surface area contributed by atoms with Crippen molar-refractivity contribution in [2.24, 2.45) is 4.99 Å². The summed E-state index contributed by atoms with van der Waals surface area (Å²) < 4.78 is 5.99. The summed E-state index contributed by atoms with van der Waals surface area (Å²) in [4.78, 5) is 4.55. The minimum atomic E-state index is 0.275. The van der Waals surface area contributed by atoms with Gasteiger partial charge < -0.3 is 20.5 Å². The van der Waals surface area contributed by atoms with Crippen molar-refractivity contribution in [3.63, 3.8) is 0 Å². The highest BCUT2D eigenvalue weighted by molar-refractivity contribution is 5.79. The van der Waals surface area contributed by atoms with Gasteiger partial charge in [-0.2, -0.15) is 0 Å². The Morgan fingerprint density at radius 3 is 2.71 bits per heavy atom. The average molecular weight is 333 g/mol. The SMILES string of the molecule is CCNC(=NCc1cccc(O)c1)NCCOC1CCCCCC1. The van der Waals surface area contributed by atoms with E-state index in [-0.39, 0.29) is 5.75 Å². The molecule has 0 spiro atoms. The maximum absolute atomic E-state index is 9.50. The van der Waals surface area contributed by atoms with E-state index in [1.165, 1.54) is 38.5 Å².